The molecule has 0 unspecified atom stereocenters. The Hall–Kier alpha value is -2.93. The molecule has 7 heteroatoms. The van der Waals surface area contributed by atoms with Crippen molar-refractivity contribution in [3.63, 3.8) is 0 Å². The molecule has 0 aliphatic carbocycles. The molecular weight excluding hydrogens is 382 g/mol. The van der Waals surface area contributed by atoms with E-state index in [1.165, 1.54) is 6.07 Å². The molecule has 30 heavy (non-hydrogen) atoms. The second kappa shape index (κ2) is 8.07. The number of fused-ring (bicyclic) bond motifs is 3. The summed E-state index contributed by atoms with van der Waals surface area (Å²) in [5.41, 5.74) is 1.58. The molecule has 0 saturated carbocycles. The summed E-state index contributed by atoms with van der Waals surface area (Å²) in [6.45, 7) is 3.83. The summed E-state index contributed by atoms with van der Waals surface area (Å²) in [5.74, 6) is -1.04. The Balaban J connectivity index is 1.69. The molecule has 2 N–H and O–H groups in total. The van der Waals surface area contributed by atoms with Crippen molar-refractivity contribution >= 4 is 11.8 Å². The fourth-order valence-corrected chi connectivity index (χ4v) is 5.02. The fraction of sp³-hybridized carbons (Fsp3) is 0.435. The molecule has 3 heterocycles. The molecule has 1 saturated heterocycles. The van der Waals surface area contributed by atoms with Gasteiger partial charge in [0, 0.05) is 43.2 Å². The van der Waals surface area contributed by atoms with Gasteiger partial charge in [0.15, 0.2) is 0 Å². The number of rotatable bonds is 5. The summed E-state index contributed by atoms with van der Waals surface area (Å²) < 4.78 is 1.66. The van der Waals surface area contributed by atoms with E-state index in [1.807, 2.05) is 43.3 Å². The van der Waals surface area contributed by atoms with Gasteiger partial charge in [0.1, 0.15) is 6.04 Å². The largest absolute Gasteiger partial charge is 0.396 e. The molecule has 0 radical (unpaired) electrons. The van der Waals surface area contributed by atoms with Gasteiger partial charge in [-0.05, 0) is 18.6 Å². The normalized spacial score (nSPS) is 25.5. The van der Waals surface area contributed by atoms with Gasteiger partial charge in [-0.15, -0.1) is 0 Å². The molecule has 1 aromatic heterocycles. The first-order chi connectivity index (χ1) is 14.5. The summed E-state index contributed by atoms with van der Waals surface area (Å²) in [5, 5.41) is 13.2. The van der Waals surface area contributed by atoms with Crippen LogP contribution in [-0.4, -0.2) is 39.0 Å². The summed E-state index contributed by atoms with van der Waals surface area (Å²) in [7, 11) is 0. The van der Waals surface area contributed by atoms with Gasteiger partial charge in [-0.25, -0.2) is 0 Å². The number of nitrogens with zero attached hydrogens (tertiary/aromatic N) is 2. The quantitative estimate of drug-likeness (QED) is 0.785. The van der Waals surface area contributed by atoms with Crippen LogP contribution in [0.25, 0.3) is 0 Å². The van der Waals surface area contributed by atoms with Crippen LogP contribution in [0, 0.1) is 11.8 Å². The van der Waals surface area contributed by atoms with Crippen molar-refractivity contribution in [1.82, 2.24) is 14.8 Å². The Labute approximate surface area is 175 Å². The second-order valence-corrected chi connectivity index (χ2v) is 8.09. The first kappa shape index (κ1) is 20.3. The number of nitrogens with one attached hydrogen (secondary N) is 1. The lowest BCUT2D eigenvalue weighted by Gasteiger charge is -2.31. The number of likely N-dealkylation sites (tertiary alicyclic amines) is 1. The third kappa shape index (κ3) is 3.23. The highest BCUT2D eigenvalue weighted by Crippen LogP contribution is 2.49. The number of carbonyl (C=O) groups excluding carboxylic acids is 2. The molecule has 2 aromatic rings. The lowest BCUT2D eigenvalue weighted by Crippen LogP contribution is -2.50. The lowest BCUT2D eigenvalue weighted by molar-refractivity contribution is -0.141. The minimum absolute atomic E-state index is 0.124. The van der Waals surface area contributed by atoms with Crippen LogP contribution in [0.4, 0.5) is 0 Å². The zero-order valence-corrected chi connectivity index (χ0v) is 17.2. The van der Waals surface area contributed by atoms with Crippen molar-refractivity contribution in [2.45, 2.75) is 44.9 Å². The Kier molecular flexibility index (Phi) is 5.47. The zero-order chi connectivity index (χ0) is 21.4. The van der Waals surface area contributed by atoms with Gasteiger partial charge >= 0.3 is 0 Å². The smallest absolute Gasteiger partial charge is 0.250 e. The number of pyridine rings is 1. The van der Waals surface area contributed by atoms with Gasteiger partial charge in [-0.1, -0.05) is 43.3 Å². The van der Waals surface area contributed by atoms with E-state index in [1.54, 1.807) is 22.5 Å². The van der Waals surface area contributed by atoms with Crippen molar-refractivity contribution in [2.75, 3.05) is 6.61 Å². The van der Waals surface area contributed by atoms with Crippen LogP contribution in [0.3, 0.4) is 0 Å². The van der Waals surface area contributed by atoms with E-state index in [-0.39, 0.29) is 48.4 Å². The van der Waals surface area contributed by atoms with Gasteiger partial charge in [0.05, 0.1) is 12.1 Å². The van der Waals surface area contributed by atoms with Crippen LogP contribution in [-0.2, 0) is 16.1 Å². The molecule has 1 fully saturated rings. The fourth-order valence-electron chi connectivity index (χ4n) is 5.02. The van der Waals surface area contributed by atoms with Crippen LogP contribution >= 0.6 is 0 Å². The summed E-state index contributed by atoms with van der Waals surface area (Å²) >= 11 is 0. The Morgan fingerprint density at radius 2 is 1.90 bits per heavy atom. The molecule has 2 amide bonds. The molecule has 7 nitrogen and oxygen atoms in total. The predicted molar refractivity (Wildman–Crippen MR) is 111 cm³/mol. The van der Waals surface area contributed by atoms with Crippen molar-refractivity contribution in [3.8, 4) is 0 Å². The third-order valence-electron chi connectivity index (χ3n) is 6.47. The van der Waals surface area contributed by atoms with E-state index >= 15 is 0 Å². The minimum atomic E-state index is -0.771. The molecule has 0 bridgehead atoms. The first-order valence-electron chi connectivity index (χ1n) is 10.4. The van der Waals surface area contributed by atoms with Crippen molar-refractivity contribution in [3.05, 3.63) is 70.1 Å². The van der Waals surface area contributed by atoms with Crippen molar-refractivity contribution < 1.29 is 14.7 Å². The van der Waals surface area contributed by atoms with Gasteiger partial charge in [0.2, 0.25) is 11.8 Å². The van der Waals surface area contributed by atoms with Crippen LogP contribution in [0.1, 0.15) is 43.6 Å². The van der Waals surface area contributed by atoms with E-state index < -0.39 is 12.0 Å². The first-order valence-corrected chi connectivity index (χ1v) is 10.4. The molecule has 4 rings (SSSR count). The zero-order valence-electron chi connectivity index (χ0n) is 17.2. The molecule has 5 atom stereocenters. The number of aromatic nitrogens is 1. The highest BCUT2D eigenvalue weighted by atomic mass is 16.3. The van der Waals surface area contributed by atoms with Gasteiger partial charge < -0.3 is 19.9 Å². The van der Waals surface area contributed by atoms with Crippen LogP contribution in [0.2, 0.25) is 0 Å². The topological polar surface area (TPSA) is 91.6 Å². The molecule has 2 aliphatic heterocycles. The molecular formula is C23H27N3O4. The third-order valence-corrected chi connectivity index (χ3v) is 6.47. The summed E-state index contributed by atoms with van der Waals surface area (Å²) in [6, 6.07) is 13.3. The van der Waals surface area contributed by atoms with Crippen molar-refractivity contribution in [1.29, 1.82) is 0 Å². The highest BCUT2D eigenvalue weighted by molar-refractivity contribution is 5.89. The maximum Gasteiger partial charge on any atom is 0.250 e. The standard InChI is InChI=1S/C23H27N3O4/c1-3-19(28)26-21-16(12-25-18(21)10-7-11-20(25)29)17(13-27)22(26)23(30)24-14(2)15-8-5-4-6-9-15/h4-11,14,16-17,21-22,27H,3,12-13H2,1-2H3,(H,24,30)/t14-,16+,17+,21-,22+/m1/s1. The minimum Gasteiger partial charge on any atom is -0.396 e. The molecule has 158 valence electrons. The number of amides is 2. The maximum absolute atomic E-state index is 13.4. The lowest BCUT2D eigenvalue weighted by atomic mass is 9.88. The van der Waals surface area contributed by atoms with E-state index in [4.69, 9.17) is 0 Å². The van der Waals surface area contributed by atoms with Crippen LogP contribution in [0.15, 0.2) is 53.3 Å². The second-order valence-electron chi connectivity index (χ2n) is 8.09. The Morgan fingerprint density at radius 1 is 1.17 bits per heavy atom. The van der Waals surface area contributed by atoms with Crippen LogP contribution in [0.5, 0.6) is 0 Å². The average molecular weight is 409 g/mol. The van der Waals surface area contributed by atoms with E-state index in [0.717, 1.165) is 11.3 Å². The number of aliphatic hydroxyl groups excluding tert-OH is 1. The van der Waals surface area contributed by atoms with Gasteiger partial charge in [-0.3, -0.25) is 14.4 Å². The van der Waals surface area contributed by atoms with Crippen molar-refractivity contribution in [2.24, 2.45) is 11.8 Å². The summed E-state index contributed by atoms with van der Waals surface area (Å²) in [6.07, 6.45) is 0.246. The average Bonchev–Trinajstić information content (AvgIpc) is 3.29. The Morgan fingerprint density at radius 3 is 2.57 bits per heavy atom. The highest BCUT2D eigenvalue weighted by Gasteiger charge is 2.56. The SMILES string of the molecule is CCC(=O)N1[C@H](C(=O)N[C@H](C)c2ccccc2)[C@@H](CO)[C@@H]2Cn3c(cccc3=O)[C@@H]21. The van der Waals surface area contributed by atoms with E-state index in [2.05, 4.69) is 5.32 Å². The molecule has 2 aliphatic rings. The monoisotopic (exact) mass is 409 g/mol. The van der Waals surface area contributed by atoms with Gasteiger partial charge in [-0.2, -0.15) is 0 Å². The molecule has 1 aromatic carbocycles. The Bertz CT molecular complexity index is 1000. The number of aliphatic hydroxyl groups is 1. The number of hydrogen-bond donors (Lipinski definition) is 2. The predicted octanol–water partition coefficient (Wildman–Crippen LogP) is 1.63. The van der Waals surface area contributed by atoms with E-state index in [9.17, 15) is 19.5 Å². The van der Waals surface area contributed by atoms with Crippen LogP contribution < -0.4 is 10.9 Å². The van der Waals surface area contributed by atoms with E-state index in [0.29, 0.717) is 6.54 Å². The van der Waals surface area contributed by atoms with Gasteiger partial charge in [0.25, 0.3) is 5.56 Å². The maximum atomic E-state index is 13.4. The number of hydrogen-bond acceptors (Lipinski definition) is 4. The number of benzene rings is 1. The molecule has 0 spiro atoms. The number of carbonyl (C=O) groups is 2. The summed E-state index contributed by atoms with van der Waals surface area (Å²) in [4.78, 5) is 40.2.